The first-order valence-corrected chi connectivity index (χ1v) is 5.81. The summed E-state index contributed by atoms with van der Waals surface area (Å²) in [6, 6.07) is 5.92. The molecule has 1 aliphatic heterocycles. The number of carbonyl (C=O) groups is 1. The Morgan fingerprint density at radius 2 is 2.35 bits per heavy atom. The number of nitrogens with zero attached hydrogens (tertiary/aromatic N) is 3. The fourth-order valence-electron chi connectivity index (χ4n) is 2.00. The van der Waals surface area contributed by atoms with E-state index in [4.69, 9.17) is 15.1 Å². The van der Waals surface area contributed by atoms with Gasteiger partial charge in [0.25, 0.3) is 5.69 Å². The van der Waals surface area contributed by atoms with E-state index >= 15 is 0 Å². The van der Waals surface area contributed by atoms with Crippen LogP contribution in [-0.2, 0) is 9.53 Å². The third-order valence-electron chi connectivity index (χ3n) is 3.00. The van der Waals surface area contributed by atoms with Gasteiger partial charge < -0.3 is 14.7 Å². The fourth-order valence-corrected chi connectivity index (χ4v) is 2.00. The van der Waals surface area contributed by atoms with E-state index in [-0.39, 0.29) is 24.4 Å². The molecule has 104 valence electrons. The van der Waals surface area contributed by atoms with Crippen LogP contribution in [-0.4, -0.2) is 41.8 Å². The van der Waals surface area contributed by atoms with E-state index in [0.29, 0.717) is 12.2 Å². The van der Waals surface area contributed by atoms with Gasteiger partial charge in [-0.15, -0.1) is 0 Å². The number of nitro groups is 1. The number of carboxylic acids is 1. The summed E-state index contributed by atoms with van der Waals surface area (Å²) in [5, 5.41) is 28.6. The van der Waals surface area contributed by atoms with E-state index in [9.17, 15) is 14.9 Å². The van der Waals surface area contributed by atoms with Crippen molar-refractivity contribution in [3.8, 4) is 6.07 Å². The molecule has 1 aliphatic rings. The molecule has 1 atom stereocenters. The lowest BCUT2D eigenvalue weighted by molar-refractivity contribution is -0.385. The number of benzene rings is 1. The monoisotopic (exact) mass is 277 g/mol. The zero-order valence-electron chi connectivity index (χ0n) is 10.4. The Labute approximate surface area is 113 Å². The minimum absolute atomic E-state index is 0.0501. The number of hydrogen-bond acceptors (Lipinski definition) is 6. The number of anilines is 1. The highest BCUT2D eigenvalue weighted by Crippen LogP contribution is 2.25. The summed E-state index contributed by atoms with van der Waals surface area (Å²) in [7, 11) is 0. The lowest BCUT2D eigenvalue weighted by atomic mass is 10.1. The Balaban J connectivity index is 2.27. The van der Waals surface area contributed by atoms with E-state index in [1.54, 1.807) is 11.0 Å². The van der Waals surface area contributed by atoms with Gasteiger partial charge in [-0.1, -0.05) is 0 Å². The highest BCUT2D eigenvalue weighted by molar-refractivity contribution is 5.74. The topological polar surface area (TPSA) is 117 Å². The summed E-state index contributed by atoms with van der Waals surface area (Å²) in [5.41, 5.74) is 0.256. The molecular weight excluding hydrogens is 266 g/mol. The number of morpholine rings is 1. The summed E-state index contributed by atoms with van der Waals surface area (Å²) < 4.78 is 5.10. The summed E-state index contributed by atoms with van der Waals surface area (Å²) in [5.74, 6) is -1.06. The molecule has 8 nitrogen and oxygen atoms in total. The maximum Gasteiger partial charge on any atom is 0.334 e. The standard InChI is InChI=1S/C12H11N3O5/c13-6-8-5-9(1-2-10(8)15(18)19)14-3-4-20-11(7-14)12(16)17/h1-2,5,11H,3-4,7H2,(H,16,17). The highest BCUT2D eigenvalue weighted by Gasteiger charge is 2.27. The molecule has 0 amide bonds. The maximum absolute atomic E-state index is 10.9. The van der Waals surface area contributed by atoms with Crippen molar-refractivity contribution < 1.29 is 19.6 Å². The number of rotatable bonds is 3. The van der Waals surface area contributed by atoms with Gasteiger partial charge in [0, 0.05) is 18.3 Å². The van der Waals surface area contributed by atoms with Crippen LogP contribution >= 0.6 is 0 Å². The van der Waals surface area contributed by atoms with E-state index in [1.165, 1.54) is 18.2 Å². The van der Waals surface area contributed by atoms with Crippen molar-refractivity contribution in [2.24, 2.45) is 0 Å². The molecule has 0 radical (unpaired) electrons. The average Bonchev–Trinajstić information content (AvgIpc) is 2.46. The second-order valence-electron chi connectivity index (χ2n) is 4.21. The van der Waals surface area contributed by atoms with Crippen molar-refractivity contribution in [2.75, 3.05) is 24.6 Å². The first kappa shape index (κ1) is 13.8. The number of ether oxygens (including phenoxy) is 1. The summed E-state index contributed by atoms with van der Waals surface area (Å²) >= 11 is 0. The van der Waals surface area contributed by atoms with Gasteiger partial charge in [0.2, 0.25) is 0 Å². The largest absolute Gasteiger partial charge is 0.479 e. The Bertz CT molecular complexity index is 595. The summed E-state index contributed by atoms with van der Waals surface area (Å²) in [4.78, 5) is 22.8. The molecule has 2 rings (SSSR count). The maximum atomic E-state index is 10.9. The lowest BCUT2D eigenvalue weighted by Crippen LogP contribution is -2.46. The minimum Gasteiger partial charge on any atom is -0.479 e. The smallest absolute Gasteiger partial charge is 0.334 e. The quantitative estimate of drug-likeness (QED) is 0.640. The van der Waals surface area contributed by atoms with Gasteiger partial charge in [0.15, 0.2) is 6.10 Å². The predicted octanol–water partition coefficient (Wildman–Crippen LogP) is 0.756. The van der Waals surface area contributed by atoms with E-state index in [0.717, 1.165) is 0 Å². The van der Waals surface area contributed by atoms with Crippen molar-refractivity contribution in [3.05, 3.63) is 33.9 Å². The van der Waals surface area contributed by atoms with Gasteiger partial charge >= 0.3 is 5.97 Å². The van der Waals surface area contributed by atoms with Crippen molar-refractivity contribution in [1.82, 2.24) is 0 Å². The Morgan fingerprint density at radius 3 is 2.95 bits per heavy atom. The number of nitriles is 1. The summed E-state index contributed by atoms with van der Waals surface area (Å²) in [6.07, 6.45) is -0.940. The zero-order chi connectivity index (χ0) is 14.7. The van der Waals surface area contributed by atoms with Crippen LogP contribution in [0, 0.1) is 21.4 Å². The number of carboxylic acid groups (broad SMARTS) is 1. The first-order valence-electron chi connectivity index (χ1n) is 5.81. The molecule has 1 fully saturated rings. The van der Waals surface area contributed by atoms with Crippen LogP contribution in [0.4, 0.5) is 11.4 Å². The third-order valence-corrected chi connectivity index (χ3v) is 3.00. The molecule has 0 bridgehead atoms. The molecule has 1 N–H and O–H groups in total. The van der Waals surface area contributed by atoms with Crippen LogP contribution in [0.2, 0.25) is 0 Å². The average molecular weight is 277 g/mol. The zero-order valence-corrected chi connectivity index (χ0v) is 10.4. The van der Waals surface area contributed by atoms with Gasteiger partial charge in [-0.3, -0.25) is 10.1 Å². The van der Waals surface area contributed by atoms with Crippen LogP contribution in [0.15, 0.2) is 18.2 Å². The SMILES string of the molecule is N#Cc1cc(N2CCOC(C(=O)O)C2)ccc1[N+](=O)[O-]. The van der Waals surface area contributed by atoms with Crippen molar-refractivity contribution >= 4 is 17.3 Å². The van der Waals surface area contributed by atoms with E-state index < -0.39 is 17.0 Å². The summed E-state index contributed by atoms with van der Waals surface area (Å²) in [6.45, 7) is 0.848. The van der Waals surface area contributed by atoms with Crippen LogP contribution in [0.1, 0.15) is 5.56 Å². The third kappa shape index (κ3) is 2.67. The van der Waals surface area contributed by atoms with Crippen molar-refractivity contribution in [3.63, 3.8) is 0 Å². The van der Waals surface area contributed by atoms with E-state index in [2.05, 4.69) is 0 Å². The molecule has 0 spiro atoms. The van der Waals surface area contributed by atoms with Crippen LogP contribution in [0.25, 0.3) is 0 Å². The van der Waals surface area contributed by atoms with Crippen LogP contribution < -0.4 is 4.90 Å². The second-order valence-corrected chi connectivity index (χ2v) is 4.21. The molecule has 0 saturated carbocycles. The fraction of sp³-hybridized carbons (Fsp3) is 0.333. The highest BCUT2D eigenvalue weighted by atomic mass is 16.6. The number of hydrogen-bond donors (Lipinski definition) is 1. The normalized spacial score (nSPS) is 18.4. The van der Waals surface area contributed by atoms with Gasteiger partial charge in [-0.2, -0.15) is 5.26 Å². The van der Waals surface area contributed by atoms with Crippen LogP contribution in [0.3, 0.4) is 0 Å². The Hall–Kier alpha value is -2.66. The molecule has 0 aromatic heterocycles. The first-order chi connectivity index (χ1) is 9.52. The lowest BCUT2D eigenvalue weighted by Gasteiger charge is -2.32. The molecule has 8 heteroatoms. The second kappa shape index (κ2) is 5.54. The Kier molecular flexibility index (Phi) is 3.81. The molecule has 1 unspecified atom stereocenters. The van der Waals surface area contributed by atoms with Gasteiger partial charge in [0.1, 0.15) is 11.6 Å². The van der Waals surface area contributed by atoms with Gasteiger partial charge in [-0.05, 0) is 12.1 Å². The van der Waals surface area contributed by atoms with Gasteiger partial charge in [0.05, 0.1) is 18.1 Å². The predicted molar refractivity (Wildman–Crippen MR) is 67.4 cm³/mol. The van der Waals surface area contributed by atoms with Crippen molar-refractivity contribution in [2.45, 2.75) is 6.10 Å². The molecule has 1 saturated heterocycles. The van der Waals surface area contributed by atoms with E-state index in [1.807, 2.05) is 0 Å². The molecule has 1 heterocycles. The molecule has 0 aliphatic carbocycles. The molecule has 1 aromatic carbocycles. The number of aliphatic carboxylic acids is 1. The van der Waals surface area contributed by atoms with Crippen LogP contribution in [0.5, 0.6) is 0 Å². The molecule has 1 aromatic rings. The van der Waals surface area contributed by atoms with Crippen molar-refractivity contribution in [1.29, 1.82) is 5.26 Å². The molecule has 20 heavy (non-hydrogen) atoms. The minimum atomic E-state index is -1.06. The number of nitro benzene ring substituents is 1. The van der Waals surface area contributed by atoms with Gasteiger partial charge in [-0.25, -0.2) is 4.79 Å². The molecular formula is C12H11N3O5. The Morgan fingerprint density at radius 1 is 1.60 bits per heavy atom.